The van der Waals surface area contributed by atoms with Gasteiger partial charge in [-0.1, -0.05) is 38.1 Å². The molecule has 2 aromatic carbocycles. The van der Waals surface area contributed by atoms with Crippen LogP contribution in [0.15, 0.2) is 65.5 Å². The zero-order chi connectivity index (χ0) is 23.1. The zero-order valence-electron chi connectivity index (χ0n) is 18.9. The second-order valence-electron chi connectivity index (χ2n) is 7.57. The van der Waals surface area contributed by atoms with Crippen LogP contribution in [0, 0.1) is 5.92 Å². The van der Waals surface area contributed by atoms with Crippen molar-refractivity contribution in [2.24, 2.45) is 5.92 Å². The molecule has 0 fully saturated rings. The average molecular weight is 436 g/mol. The molecule has 0 radical (unpaired) electrons. The molecule has 1 heterocycles. The zero-order valence-corrected chi connectivity index (χ0v) is 18.9. The first-order valence-electron chi connectivity index (χ1n) is 10.8. The van der Waals surface area contributed by atoms with E-state index in [2.05, 4.69) is 10.4 Å². The van der Waals surface area contributed by atoms with E-state index < -0.39 is 0 Å². The SMILES string of the molecule is CCOc1ccc(C(NC(=O)c2ccc(=O)n(-c3ccccc3)n2)C(C)C)cc1OCC. The van der Waals surface area contributed by atoms with Gasteiger partial charge < -0.3 is 14.8 Å². The predicted molar refractivity (Wildman–Crippen MR) is 124 cm³/mol. The summed E-state index contributed by atoms with van der Waals surface area (Å²) in [6, 6.07) is 17.2. The summed E-state index contributed by atoms with van der Waals surface area (Å²) in [6.07, 6.45) is 0. The number of amides is 1. The Morgan fingerprint density at radius 2 is 1.66 bits per heavy atom. The maximum absolute atomic E-state index is 13.1. The Hall–Kier alpha value is -3.61. The van der Waals surface area contributed by atoms with E-state index in [4.69, 9.17) is 9.47 Å². The van der Waals surface area contributed by atoms with E-state index >= 15 is 0 Å². The minimum Gasteiger partial charge on any atom is -0.490 e. The molecule has 0 aliphatic heterocycles. The number of nitrogens with one attached hydrogen (secondary N) is 1. The second-order valence-corrected chi connectivity index (χ2v) is 7.57. The molecule has 0 bridgehead atoms. The third kappa shape index (κ3) is 5.35. The van der Waals surface area contributed by atoms with Crippen molar-refractivity contribution in [3.63, 3.8) is 0 Å². The first-order chi connectivity index (χ1) is 15.4. The van der Waals surface area contributed by atoms with Crippen molar-refractivity contribution in [1.29, 1.82) is 0 Å². The number of para-hydroxylation sites is 1. The lowest BCUT2D eigenvalue weighted by Crippen LogP contribution is -2.34. The Labute approximate surface area is 188 Å². The Balaban J connectivity index is 1.89. The molecule has 1 unspecified atom stereocenters. The lowest BCUT2D eigenvalue weighted by Gasteiger charge is -2.24. The second kappa shape index (κ2) is 10.6. The van der Waals surface area contributed by atoms with Crippen LogP contribution in [-0.2, 0) is 0 Å². The predicted octanol–water partition coefficient (Wildman–Crippen LogP) is 4.16. The quantitative estimate of drug-likeness (QED) is 0.546. The highest BCUT2D eigenvalue weighted by atomic mass is 16.5. The molecule has 0 saturated heterocycles. The normalized spacial score (nSPS) is 11.8. The fourth-order valence-corrected chi connectivity index (χ4v) is 3.40. The van der Waals surface area contributed by atoms with Gasteiger partial charge in [0.05, 0.1) is 24.9 Å². The molecule has 7 nitrogen and oxygen atoms in total. The van der Waals surface area contributed by atoms with Crippen molar-refractivity contribution in [3.05, 3.63) is 82.3 Å². The molecule has 1 N–H and O–H groups in total. The van der Waals surface area contributed by atoms with Crippen molar-refractivity contribution in [1.82, 2.24) is 15.1 Å². The van der Waals surface area contributed by atoms with Crippen molar-refractivity contribution >= 4 is 5.91 Å². The Bertz CT molecular complexity index is 1110. The van der Waals surface area contributed by atoms with E-state index in [1.807, 2.05) is 64.1 Å². The summed E-state index contributed by atoms with van der Waals surface area (Å²) in [7, 11) is 0. The molecule has 0 aliphatic carbocycles. The summed E-state index contributed by atoms with van der Waals surface area (Å²) in [5.41, 5.74) is 1.35. The highest BCUT2D eigenvalue weighted by Gasteiger charge is 2.22. The highest BCUT2D eigenvalue weighted by molar-refractivity contribution is 5.92. The molecule has 7 heteroatoms. The molecule has 3 rings (SSSR count). The van der Waals surface area contributed by atoms with Gasteiger partial charge in [0, 0.05) is 6.07 Å². The van der Waals surface area contributed by atoms with Crippen LogP contribution in [-0.4, -0.2) is 28.9 Å². The van der Waals surface area contributed by atoms with E-state index in [0.29, 0.717) is 30.4 Å². The molecule has 1 aromatic heterocycles. The topological polar surface area (TPSA) is 82.5 Å². The van der Waals surface area contributed by atoms with Crippen LogP contribution in [0.1, 0.15) is 49.8 Å². The smallest absolute Gasteiger partial charge is 0.272 e. The molecule has 1 atom stereocenters. The van der Waals surface area contributed by atoms with Gasteiger partial charge in [0.1, 0.15) is 5.69 Å². The Morgan fingerprint density at radius 1 is 0.969 bits per heavy atom. The van der Waals surface area contributed by atoms with Crippen LogP contribution in [0.4, 0.5) is 0 Å². The van der Waals surface area contributed by atoms with E-state index in [9.17, 15) is 9.59 Å². The van der Waals surface area contributed by atoms with Gasteiger partial charge in [-0.25, -0.2) is 0 Å². The third-order valence-electron chi connectivity index (χ3n) is 4.91. The third-order valence-corrected chi connectivity index (χ3v) is 4.91. The largest absolute Gasteiger partial charge is 0.490 e. The molecule has 0 spiro atoms. The summed E-state index contributed by atoms with van der Waals surface area (Å²) >= 11 is 0. The fourth-order valence-electron chi connectivity index (χ4n) is 3.40. The molecule has 168 valence electrons. The molecule has 32 heavy (non-hydrogen) atoms. The maximum atomic E-state index is 13.1. The van der Waals surface area contributed by atoms with Crippen LogP contribution in [0.25, 0.3) is 5.69 Å². The summed E-state index contributed by atoms with van der Waals surface area (Å²) < 4.78 is 12.6. The van der Waals surface area contributed by atoms with Crippen molar-refractivity contribution < 1.29 is 14.3 Å². The standard InChI is InChI=1S/C25H29N3O4/c1-5-31-21-14-12-18(16-22(21)32-6-2)24(17(3)4)26-25(30)20-13-15-23(29)28(27-20)19-10-8-7-9-11-19/h7-17,24H,5-6H2,1-4H3,(H,26,30). The fraction of sp³-hybridized carbons (Fsp3) is 0.320. The average Bonchev–Trinajstić information content (AvgIpc) is 2.79. The van der Waals surface area contributed by atoms with Crippen LogP contribution < -0.4 is 20.3 Å². The van der Waals surface area contributed by atoms with Crippen molar-refractivity contribution in [2.45, 2.75) is 33.7 Å². The number of carbonyl (C=O) groups excluding carboxylic acids is 1. The number of hydrogen-bond donors (Lipinski definition) is 1. The highest BCUT2D eigenvalue weighted by Crippen LogP contribution is 2.33. The Morgan fingerprint density at radius 3 is 2.31 bits per heavy atom. The summed E-state index contributed by atoms with van der Waals surface area (Å²) in [5.74, 6) is 1.05. The van der Waals surface area contributed by atoms with E-state index in [-0.39, 0.29) is 29.1 Å². The van der Waals surface area contributed by atoms with Gasteiger partial charge in [-0.3, -0.25) is 9.59 Å². The van der Waals surface area contributed by atoms with Crippen molar-refractivity contribution in [2.75, 3.05) is 13.2 Å². The van der Waals surface area contributed by atoms with Gasteiger partial charge in [-0.15, -0.1) is 0 Å². The van der Waals surface area contributed by atoms with Crippen LogP contribution in [0.3, 0.4) is 0 Å². The summed E-state index contributed by atoms with van der Waals surface area (Å²) in [6.45, 7) is 8.93. The molecular weight excluding hydrogens is 406 g/mol. The molecule has 0 saturated carbocycles. The van der Waals surface area contributed by atoms with Crippen LogP contribution >= 0.6 is 0 Å². The lowest BCUT2D eigenvalue weighted by molar-refractivity contribution is 0.0918. The van der Waals surface area contributed by atoms with E-state index in [1.54, 1.807) is 12.1 Å². The first-order valence-corrected chi connectivity index (χ1v) is 10.8. The molecule has 0 aliphatic rings. The first kappa shape index (κ1) is 23.1. The molecule has 3 aromatic rings. The van der Waals surface area contributed by atoms with Crippen LogP contribution in [0.2, 0.25) is 0 Å². The Kier molecular flexibility index (Phi) is 7.65. The van der Waals surface area contributed by atoms with Crippen molar-refractivity contribution in [3.8, 4) is 17.2 Å². The number of benzene rings is 2. The number of hydrogen-bond acceptors (Lipinski definition) is 5. The number of aromatic nitrogens is 2. The number of rotatable bonds is 9. The number of nitrogens with zero attached hydrogens (tertiary/aromatic N) is 2. The summed E-state index contributed by atoms with van der Waals surface area (Å²) in [4.78, 5) is 25.3. The van der Waals surface area contributed by atoms with E-state index in [0.717, 1.165) is 5.56 Å². The van der Waals surface area contributed by atoms with Gasteiger partial charge in [-0.2, -0.15) is 9.78 Å². The summed E-state index contributed by atoms with van der Waals surface area (Å²) in [5, 5.41) is 7.34. The molecule has 1 amide bonds. The van der Waals surface area contributed by atoms with Gasteiger partial charge in [0.25, 0.3) is 11.5 Å². The van der Waals surface area contributed by atoms with Gasteiger partial charge in [-0.05, 0) is 55.7 Å². The minimum absolute atomic E-state index is 0.103. The lowest BCUT2D eigenvalue weighted by atomic mass is 9.95. The number of ether oxygens (including phenoxy) is 2. The van der Waals surface area contributed by atoms with Gasteiger partial charge in [0.2, 0.25) is 0 Å². The number of carbonyl (C=O) groups is 1. The van der Waals surface area contributed by atoms with E-state index in [1.165, 1.54) is 16.8 Å². The minimum atomic E-state index is -0.361. The monoisotopic (exact) mass is 435 g/mol. The van der Waals surface area contributed by atoms with Gasteiger partial charge in [0.15, 0.2) is 11.5 Å². The molecular formula is C25H29N3O4. The maximum Gasteiger partial charge on any atom is 0.272 e. The van der Waals surface area contributed by atoms with Gasteiger partial charge >= 0.3 is 0 Å². The van der Waals surface area contributed by atoms with Crippen LogP contribution in [0.5, 0.6) is 11.5 Å².